The summed E-state index contributed by atoms with van der Waals surface area (Å²) in [4.78, 5) is 24.8. The van der Waals surface area contributed by atoms with Crippen LogP contribution in [0.3, 0.4) is 0 Å². The number of carbonyl (C=O) groups excluding carboxylic acids is 2. The fourth-order valence-corrected chi connectivity index (χ4v) is 2.94. The van der Waals surface area contributed by atoms with Crippen molar-refractivity contribution in [2.45, 2.75) is 42.9 Å². The van der Waals surface area contributed by atoms with Crippen molar-refractivity contribution < 1.29 is 9.59 Å². The van der Waals surface area contributed by atoms with Crippen LogP contribution in [0.25, 0.3) is 0 Å². The molecule has 19 heavy (non-hydrogen) atoms. The normalized spacial score (nSPS) is 19.3. The Bertz CT molecular complexity index is 490. The van der Waals surface area contributed by atoms with Crippen molar-refractivity contribution in [3.8, 4) is 0 Å². The summed E-state index contributed by atoms with van der Waals surface area (Å²) in [5.41, 5.74) is 0.830. The van der Waals surface area contributed by atoms with Gasteiger partial charge in [0.15, 0.2) is 0 Å². The third-order valence-corrected chi connectivity index (χ3v) is 4.37. The van der Waals surface area contributed by atoms with Crippen molar-refractivity contribution in [3.63, 3.8) is 0 Å². The molecule has 2 unspecified atom stereocenters. The maximum atomic E-state index is 11.9. The summed E-state index contributed by atoms with van der Waals surface area (Å²) < 4.78 is 0. The van der Waals surface area contributed by atoms with Gasteiger partial charge in [0.25, 0.3) is 0 Å². The van der Waals surface area contributed by atoms with Crippen LogP contribution in [0.1, 0.15) is 26.7 Å². The molecule has 2 rings (SSSR count). The zero-order chi connectivity index (χ0) is 13.8. The van der Waals surface area contributed by atoms with Gasteiger partial charge in [-0.3, -0.25) is 9.59 Å². The van der Waals surface area contributed by atoms with E-state index in [1.807, 2.05) is 38.1 Å². The number of benzene rings is 1. The molecule has 102 valence electrons. The predicted molar refractivity (Wildman–Crippen MR) is 77.2 cm³/mol. The highest BCUT2D eigenvalue weighted by Crippen LogP contribution is 2.36. The summed E-state index contributed by atoms with van der Waals surface area (Å²) in [5.74, 6) is -0.163. The summed E-state index contributed by atoms with van der Waals surface area (Å²) in [7, 11) is 0. The third kappa shape index (κ3) is 3.50. The Hall–Kier alpha value is -1.49. The van der Waals surface area contributed by atoms with E-state index < -0.39 is 0 Å². The molecule has 0 bridgehead atoms. The second-order valence-corrected chi connectivity index (χ2v) is 5.92. The lowest BCUT2D eigenvalue weighted by atomic mass is 10.2. The first kappa shape index (κ1) is 13.9. The number of para-hydroxylation sites is 1. The second kappa shape index (κ2) is 6.10. The van der Waals surface area contributed by atoms with Crippen LogP contribution in [0.4, 0.5) is 5.69 Å². The number of anilines is 1. The van der Waals surface area contributed by atoms with Crippen LogP contribution in [0.5, 0.6) is 0 Å². The van der Waals surface area contributed by atoms with Crippen LogP contribution in [-0.2, 0) is 9.59 Å². The van der Waals surface area contributed by atoms with Crippen molar-refractivity contribution in [2.24, 2.45) is 0 Å². The number of thioether (sulfide) groups is 1. The highest BCUT2D eigenvalue weighted by atomic mass is 32.2. The summed E-state index contributed by atoms with van der Waals surface area (Å²) >= 11 is 1.46. The lowest BCUT2D eigenvalue weighted by Gasteiger charge is -2.24. The number of amides is 2. The Morgan fingerprint density at radius 2 is 2.21 bits per heavy atom. The summed E-state index contributed by atoms with van der Waals surface area (Å²) in [6, 6.07) is 7.79. The summed E-state index contributed by atoms with van der Waals surface area (Å²) in [6.07, 6.45) is 1.10. The van der Waals surface area contributed by atoms with E-state index in [0.717, 1.165) is 17.0 Å². The van der Waals surface area contributed by atoms with Crippen molar-refractivity contribution in [1.82, 2.24) is 5.32 Å². The topological polar surface area (TPSA) is 58.2 Å². The molecule has 0 spiro atoms. The van der Waals surface area contributed by atoms with E-state index in [2.05, 4.69) is 10.6 Å². The number of rotatable bonds is 4. The molecule has 1 aromatic carbocycles. The molecule has 0 saturated heterocycles. The average Bonchev–Trinajstić information content (AvgIpc) is 2.39. The van der Waals surface area contributed by atoms with Crippen LogP contribution in [-0.4, -0.2) is 23.1 Å². The number of hydrogen-bond acceptors (Lipinski definition) is 3. The van der Waals surface area contributed by atoms with Gasteiger partial charge in [0, 0.05) is 17.4 Å². The van der Waals surface area contributed by atoms with Gasteiger partial charge >= 0.3 is 0 Å². The molecule has 2 atom stereocenters. The van der Waals surface area contributed by atoms with Gasteiger partial charge in [0.05, 0.1) is 10.9 Å². The molecule has 0 radical (unpaired) electrons. The molecule has 2 amide bonds. The molecule has 1 aliphatic rings. The fraction of sp³-hybridized carbons (Fsp3) is 0.429. The molecule has 0 aliphatic carbocycles. The minimum atomic E-state index is -0.348. The Kier molecular flexibility index (Phi) is 4.47. The van der Waals surface area contributed by atoms with Gasteiger partial charge in [0.2, 0.25) is 11.8 Å². The largest absolute Gasteiger partial charge is 0.354 e. The minimum Gasteiger partial charge on any atom is -0.354 e. The lowest BCUT2D eigenvalue weighted by Crippen LogP contribution is -2.38. The first-order valence-corrected chi connectivity index (χ1v) is 7.34. The molecule has 0 saturated carbocycles. The van der Waals surface area contributed by atoms with Gasteiger partial charge in [0.1, 0.15) is 0 Å². The number of nitrogens with one attached hydrogen (secondary N) is 2. The van der Waals surface area contributed by atoms with Crippen molar-refractivity contribution in [2.75, 3.05) is 5.32 Å². The average molecular weight is 278 g/mol. The van der Waals surface area contributed by atoms with E-state index in [4.69, 9.17) is 0 Å². The van der Waals surface area contributed by atoms with Gasteiger partial charge < -0.3 is 10.6 Å². The minimum absolute atomic E-state index is 0.0682. The molecular weight excluding hydrogens is 260 g/mol. The zero-order valence-electron chi connectivity index (χ0n) is 11.1. The fourth-order valence-electron chi connectivity index (χ4n) is 1.83. The van der Waals surface area contributed by atoms with Gasteiger partial charge in [-0.25, -0.2) is 0 Å². The van der Waals surface area contributed by atoms with Crippen molar-refractivity contribution in [1.29, 1.82) is 0 Å². The van der Waals surface area contributed by atoms with Crippen molar-refractivity contribution >= 4 is 29.3 Å². The summed E-state index contributed by atoms with van der Waals surface area (Å²) in [6.45, 7) is 3.98. The Morgan fingerprint density at radius 1 is 1.47 bits per heavy atom. The predicted octanol–water partition coefficient (Wildman–Crippen LogP) is 2.40. The lowest BCUT2D eigenvalue weighted by molar-refractivity contribution is -0.124. The quantitative estimate of drug-likeness (QED) is 0.889. The Morgan fingerprint density at radius 3 is 2.95 bits per heavy atom. The molecular formula is C14H18N2O2S. The Balaban J connectivity index is 1.99. The molecule has 0 fully saturated rings. The van der Waals surface area contributed by atoms with Crippen LogP contribution >= 0.6 is 11.8 Å². The highest BCUT2D eigenvalue weighted by molar-refractivity contribution is 8.01. The van der Waals surface area contributed by atoms with E-state index in [9.17, 15) is 9.59 Å². The van der Waals surface area contributed by atoms with Crippen LogP contribution in [0.2, 0.25) is 0 Å². The van der Waals surface area contributed by atoms with Crippen LogP contribution in [0.15, 0.2) is 29.2 Å². The van der Waals surface area contributed by atoms with Gasteiger partial charge in [-0.15, -0.1) is 11.8 Å². The zero-order valence-corrected chi connectivity index (χ0v) is 11.9. The SMILES string of the molecule is CCC(C)NC(=O)CC1Sc2ccccc2NC1=O. The smallest absolute Gasteiger partial charge is 0.238 e. The van der Waals surface area contributed by atoms with Crippen molar-refractivity contribution in [3.05, 3.63) is 24.3 Å². The molecule has 2 N–H and O–H groups in total. The van der Waals surface area contributed by atoms with E-state index in [-0.39, 0.29) is 29.5 Å². The molecule has 1 aromatic rings. The van der Waals surface area contributed by atoms with E-state index in [1.165, 1.54) is 11.8 Å². The number of hydrogen-bond donors (Lipinski definition) is 2. The van der Waals surface area contributed by atoms with E-state index in [1.54, 1.807) is 0 Å². The standard InChI is InChI=1S/C14H18N2O2S/c1-3-9(2)15-13(17)8-12-14(18)16-10-6-4-5-7-11(10)19-12/h4-7,9,12H,3,8H2,1-2H3,(H,15,17)(H,16,18). The van der Waals surface area contributed by atoms with Gasteiger partial charge in [-0.05, 0) is 25.5 Å². The molecule has 5 heteroatoms. The first-order valence-electron chi connectivity index (χ1n) is 6.46. The second-order valence-electron chi connectivity index (χ2n) is 4.67. The Labute approximate surface area is 117 Å². The van der Waals surface area contributed by atoms with E-state index in [0.29, 0.717) is 0 Å². The molecule has 0 aromatic heterocycles. The van der Waals surface area contributed by atoms with E-state index >= 15 is 0 Å². The maximum Gasteiger partial charge on any atom is 0.238 e. The third-order valence-electron chi connectivity index (χ3n) is 3.10. The monoisotopic (exact) mass is 278 g/mol. The summed E-state index contributed by atoms with van der Waals surface area (Å²) in [5, 5.41) is 5.38. The molecule has 1 aliphatic heterocycles. The number of fused-ring (bicyclic) bond motifs is 1. The number of carbonyl (C=O) groups is 2. The molecule has 1 heterocycles. The van der Waals surface area contributed by atoms with Gasteiger partial charge in [-0.1, -0.05) is 19.1 Å². The first-order chi connectivity index (χ1) is 9.10. The van der Waals surface area contributed by atoms with Crippen LogP contribution in [0, 0.1) is 0 Å². The van der Waals surface area contributed by atoms with Gasteiger partial charge in [-0.2, -0.15) is 0 Å². The van der Waals surface area contributed by atoms with Crippen LogP contribution < -0.4 is 10.6 Å². The highest BCUT2D eigenvalue weighted by Gasteiger charge is 2.28. The molecule has 4 nitrogen and oxygen atoms in total. The maximum absolute atomic E-state index is 11.9.